The predicted molar refractivity (Wildman–Crippen MR) is 113 cm³/mol. The van der Waals surface area contributed by atoms with Gasteiger partial charge in [0.1, 0.15) is 0 Å². The van der Waals surface area contributed by atoms with Crippen molar-refractivity contribution in [1.82, 2.24) is 10.6 Å². The summed E-state index contributed by atoms with van der Waals surface area (Å²) >= 11 is 0. The van der Waals surface area contributed by atoms with Crippen LogP contribution in [0.4, 0.5) is 5.69 Å². The number of hydrogen-bond acceptors (Lipinski definition) is 3. The van der Waals surface area contributed by atoms with Gasteiger partial charge in [-0.25, -0.2) is 4.99 Å². The van der Waals surface area contributed by atoms with E-state index in [0.717, 1.165) is 30.2 Å². The van der Waals surface area contributed by atoms with E-state index >= 15 is 0 Å². The molecule has 0 aliphatic heterocycles. The summed E-state index contributed by atoms with van der Waals surface area (Å²) in [5, 5.41) is 9.54. The highest BCUT2D eigenvalue weighted by Crippen LogP contribution is 2.21. The highest BCUT2D eigenvalue weighted by Gasteiger charge is 2.24. The molecule has 1 rings (SSSR count). The van der Waals surface area contributed by atoms with Crippen LogP contribution < -0.4 is 16.0 Å². The SMILES string of the molecule is CCCC(=O)Nc1cccc(CN=C(NCC)NCC(OC)C(C)(C)C)c1. The largest absolute Gasteiger partial charge is 0.379 e. The molecule has 3 N–H and O–H groups in total. The van der Waals surface area contributed by atoms with Crippen molar-refractivity contribution in [3.63, 3.8) is 0 Å². The number of aliphatic imine (C=N–C) groups is 1. The first-order valence-corrected chi connectivity index (χ1v) is 9.73. The number of ether oxygens (including phenoxy) is 1. The molecule has 0 bridgehead atoms. The van der Waals surface area contributed by atoms with E-state index in [1.54, 1.807) is 7.11 Å². The van der Waals surface area contributed by atoms with Crippen LogP contribution in [0.3, 0.4) is 0 Å². The molecule has 1 amide bonds. The second-order valence-electron chi connectivity index (χ2n) is 7.66. The number of carbonyl (C=O) groups excluding carboxylic acids is 1. The summed E-state index contributed by atoms with van der Waals surface area (Å²) in [7, 11) is 1.74. The van der Waals surface area contributed by atoms with Gasteiger partial charge in [-0.15, -0.1) is 0 Å². The van der Waals surface area contributed by atoms with Crippen molar-refractivity contribution in [1.29, 1.82) is 0 Å². The maximum atomic E-state index is 11.8. The number of nitrogens with one attached hydrogen (secondary N) is 3. The Bertz CT molecular complexity index is 608. The number of methoxy groups -OCH3 is 1. The molecule has 0 spiro atoms. The Morgan fingerprint density at radius 2 is 1.96 bits per heavy atom. The topological polar surface area (TPSA) is 74.8 Å². The Morgan fingerprint density at radius 1 is 1.22 bits per heavy atom. The summed E-state index contributed by atoms with van der Waals surface area (Å²) in [6.07, 6.45) is 1.45. The van der Waals surface area contributed by atoms with Gasteiger partial charge in [0.2, 0.25) is 5.91 Å². The van der Waals surface area contributed by atoms with Crippen molar-refractivity contribution in [2.24, 2.45) is 10.4 Å². The Hall–Kier alpha value is -2.08. The van der Waals surface area contributed by atoms with Gasteiger partial charge in [0, 0.05) is 32.3 Å². The summed E-state index contributed by atoms with van der Waals surface area (Å²) in [5.74, 6) is 0.796. The zero-order valence-corrected chi connectivity index (χ0v) is 17.7. The molecule has 0 fully saturated rings. The van der Waals surface area contributed by atoms with Crippen LogP contribution in [-0.2, 0) is 16.1 Å². The third-order valence-corrected chi connectivity index (χ3v) is 4.16. The van der Waals surface area contributed by atoms with Gasteiger partial charge in [0.15, 0.2) is 5.96 Å². The summed E-state index contributed by atoms with van der Waals surface area (Å²) in [6, 6.07) is 7.81. The van der Waals surface area contributed by atoms with Gasteiger partial charge in [-0.3, -0.25) is 4.79 Å². The molecule has 0 heterocycles. The standard InChI is InChI=1S/C21H36N4O2/c1-7-10-19(26)25-17-12-9-11-16(13-17)14-23-20(22-8-2)24-15-18(27-6)21(3,4)5/h9,11-13,18H,7-8,10,14-15H2,1-6H3,(H,25,26)(H2,22,23,24). The predicted octanol–water partition coefficient (Wildman–Crippen LogP) is 3.54. The molecule has 27 heavy (non-hydrogen) atoms. The molecule has 0 aliphatic carbocycles. The maximum absolute atomic E-state index is 11.8. The minimum Gasteiger partial charge on any atom is -0.379 e. The maximum Gasteiger partial charge on any atom is 0.224 e. The van der Waals surface area contributed by atoms with Crippen LogP contribution in [0.1, 0.15) is 53.0 Å². The van der Waals surface area contributed by atoms with Gasteiger partial charge >= 0.3 is 0 Å². The van der Waals surface area contributed by atoms with Gasteiger partial charge in [0.25, 0.3) is 0 Å². The summed E-state index contributed by atoms with van der Waals surface area (Å²) in [6.45, 7) is 12.5. The molecule has 0 aliphatic rings. The van der Waals surface area contributed by atoms with Crippen LogP contribution >= 0.6 is 0 Å². The van der Waals surface area contributed by atoms with Gasteiger partial charge in [-0.1, -0.05) is 39.8 Å². The fraction of sp³-hybridized carbons (Fsp3) is 0.619. The molecule has 152 valence electrons. The van der Waals surface area contributed by atoms with E-state index in [2.05, 4.69) is 41.7 Å². The molecule has 0 radical (unpaired) electrons. The second kappa shape index (κ2) is 11.6. The summed E-state index contributed by atoms with van der Waals surface area (Å²) in [5.41, 5.74) is 1.90. The Balaban J connectivity index is 2.73. The molecular formula is C21H36N4O2. The average molecular weight is 377 g/mol. The van der Waals surface area contributed by atoms with Gasteiger partial charge in [0.05, 0.1) is 12.6 Å². The molecule has 0 saturated carbocycles. The molecule has 1 atom stereocenters. The number of carbonyl (C=O) groups is 1. The molecule has 1 aromatic rings. The van der Waals surface area contributed by atoms with Crippen molar-refractivity contribution < 1.29 is 9.53 Å². The number of anilines is 1. The third-order valence-electron chi connectivity index (χ3n) is 4.16. The van der Waals surface area contributed by atoms with Crippen LogP contribution in [-0.4, -0.2) is 38.2 Å². The normalized spacial score (nSPS) is 13.2. The lowest BCUT2D eigenvalue weighted by molar-refractivity contribution is -0.116. The number of hydrogen-bond donors (Lipinski definition) is 3. The van der Waals surface area contributed by atoms with E-state index in [4.69, 9.17) is 4.74 Å². The summed E-state index contributed by atoms with van der Waals surface area (Å²) in [4.78, 5) is 16.4. The quantitative estimate of drug-likeness (QED) is 0.455. The fourth-order valence-electron chi connectivity index (χ4n) is 2.64. The average Bonchev–Trinajstić information content (AvgIpc) is 2.59. The number of guanidine groups is 1. The van der Waals surface area contributed by atoms with Crippen LogP contribution in [0.15, 0.2) is 29.3 Å². The van der Waals surface area contributed by atoms with Crippen LogP contribution in [0, 0.1) is 5.41 Å². The second-order valence-corrected chi connectivity index (χ2v) is 7.66. The smallest absolute Gasteiger partial charge is 0.224 e. The lowest BCUT2D eigenvalue weighted by Crippen LogP contribution is -2.45. The van der Waals surface area contributed by atoms with Crippen molar-refractivity contribution in [3.05, 3.63) is 29.8 Å². The Kier molecular flexibility index (Phi) is 9.86. The summed E-state index contributed by atoms with van der Waals surface area (Å²) < 4.78 is 5.59. The van der Waals surface area contributed by atoms with Crippen LogP contribution in [0.25, 0.3) is 0 Å². The number of nitrogens with zero attached hydrogens (tertiary/aromatic N) is 1. The lowest BCUT2D eigenvalue weighted by atomic mass is 9.89. The monoisotopic (exact) mass is 376 g/mol. The van der Waals surface area contributed by atoms with Crippen molar-refractivity contribution in [2.45, 2.75) is 60.1 Å². The van der Waals surface area contributed by atoms with Gasteiger partial charge < -0.3 is 20.7 Å². The van der Waals surface area contributed by atoms with Crippen molar-refractivity contribution in [2.75, 3.05) is 25.5 Å². The highest BCUT2D eigenvalue weighted by molar-refractivity contribution is 5.90. The third kappa shape index (κ3) is 8.91. The van der Waals surface area contributed by atoms with Crippen LogP contribution in [0.2, 0.25) is 0 Å². The first-order chi connectivity index (χ1) is 12.8. The van der Waals surface area contributed by atoms with E-state index in [1.807, 2.05) is 38.1 Å². The van der Waals surface area contributed by atoms with Crippen molar-refractivity contribution in [3.8, 4) is 0 Å². The van der Waals surface area contributed by atoms with Gasteiger partial charge in [-0.2, -0.15) is 0 Å². The molecule has 1 unspecified atom stereocenters. The number of rotatable bonds is 9. The van der Waals surface area contributed by atoms with Crippen molar-refractivity contribution >= 4 is 17.6 Å². The molecule has 6 nitrogen and oxygen atoms in total. The Labute approximate surface area is 164 Å². The van der Waals surface area contributed by atoms with Crippen LogP contribution in [0.5, 0.6) is 0 Å². The molecule has 6 heteroatoms. The zero-order valence-electron chi connectivity index (χ0n) is 17.7. The van der Waals surface area contributed by atoms with E-state index in [-0.39, 0.29) is 17.4 Å². The first-order valence-electron chi connectivity index (χ1n) is 9.73. The number of amides is 1. The molecule has 0 aromatic heterocycles. The van der Waals surface area contributed by atoms with E-state index < -0.39 is 0 Å². The first kappa shape index (κ1) is 23.0. The zero-order chi connectivity index (χ0) is 20.3. The minimum atomic E-state index is 0.0425. The fourth-order valence-corrected chi connectivity index (χ4v) is 2.64. The lowest BCUT2D eigenvalue weighted by Gasteiger charge is -2.30. The molecular weight excluding hydrogens is 340 g/mol. The number of benzene rings is 1. The minimum absolute atomic E-state index is 0.0425. The highest BCUT2D eigenvalue weighted by atomic mass is 16.5. The van der Waals surface area contributed by atoms with Gasteiger partial charge in [-0.05, 0) is 36.5 Å². The Morgan fingerprint density at radius 3 is 2.56 bits per heavy atom. The molecule has 0 saturated heterocycles. The molecule has 1 aromatic carbocycles. The van der Waals surface area contributed by atoms with E-state index in [1.165, 1.54) is 0 Å². The van der Waals surface area contributed by atoms with E-state index in [9.17, 15) is 4.79 Å². The van der Waals surface area contributed by atoms with E-state index in [0.29, 0.717) is 19.5 Å².